The third-order valence-corrected chi connectivity index (χ3v) is 3.95. The standard InChI is InChI=1S/C21H16F2N4O3/c1-30-20(28)18-15(12-25-27-18)11-24-21(29)26-19-16(22)9-14(10-17(19)23)8-7-13-5-3-2-4-6-13/h2-6,9-10,12H,11H2,1H3,(H,25,27)(H2,24,26,29). The monoisotopic (exact) mass is 410 g/mol. The van der Waals surface area contributed by atoms with Crippen LogP contribution in [0.3, 0.4) is 0 Å². The minimum Gasteiger partial charge on any atom is -0.464 e. The van der Waals surface area contributed by atoms with Gasteiger partial charge in [0.05, 0.1) is 13.3 Å². The van der Waals surface area contributed by atoms with Crippen molar-refractivity contribution in [3.63, 3.8) is 0 Å². The summed E-state index contributed by atoms with van der Waals surface area (Å²) >= 11 is 0. The average molecular weight is 410 g/mol. The van der Waals surface area contributed by atoms with Gasteiger partial charge in [0, 0.05) is 23.2 Å². The van der Waals surface area contributed by atoms with Crippen molar-refractivity contribution in [3.8, 4) is 11.8 Å². The van der Waals surface area contributed by atoms with E-state index < -0.39 is 29.3 Å². The maximum atomic E-state index is 14.3. The van der Waals surface area contributed by atoms with Crippen molar-refractivity contribution >= 4 is 17.7 Å². The molecule has 0 bridgehead atoms. The van der Waals surface area contributed by atoms with Crippen molar-refractivity contribution in [2.45, 2.75) is 6.54 Å². The Labute approximate surface area is 170 Å². The predicted molar refractivity (Wildman–Crippen MR) is 105 cm³/mol. The van der Waals surface area contributed by atoms with Crippen LogP contribution in [0.5, 0.6) is 0 Å². The second kappa shape index (κ2) is 9.34. The van der Waals surface area contributed by atoms with Crippen molar-refractivity contribution in [2.24, 2.45) is 0 Å². The number of carbonyl (C=O) groups excluding carboxylic acids is 2. The number of amides is 2. The Morgan fingerprint density at radius 1 is 1.10 bits per heavy atom. The topological polar surface area (TPSA) is 96.1 Å². The smallest absolute Gasteiger partial charge is 0.356 e. The molecular formula is C21H16F2N4O3. The van der Waals surface area contributed by atoms with Crippen LogP contribution in [0.15, 0.2) is 48.7 Å². The molecule has 0 spiro atoms. The molecule has 0 aliphatic carbocycles. The summed E-state index contributed by atoms with van der Waals surface area (Å²) in [5.74, 6) is 2.88. The van der Waals surface area contributed by atoms with Gasteiger partial charge in [0.25, 0.3) is 0 Å². The van der Waals surface area contributed by atoms with E-state index in [-0.39, 0.29) is 17.8 Å². The molecule has 0 fully saturated rings. The van der Waals surface area contributed by atoms with Gasteiger partial charge in [-0.25, -0.2) is 18.4 Å². The summed E-state index contributed by atoms with van der Waals surface area (Å²) in [6.07, 6.45) is 1.33. The molecule has 0 aliphatic rings. The number of nitrogens with one attached hydrogen (secondary N) is 3. The van der Waals surface area contributed by atoms with Crippen LogP contribution in [-0.4, -0.2) is 29.3 Å². The van der Waals surface area contributed by atoms with E-state index >= 15 is 0 Å². The number of anilines is 1. The minimum absolute atomic E-state index is 0.0662. The number of esters is 1. The minimum atomic E-state index is -0.971. The first-order valence-corrected chi connectivity index (χ1v) is 8.69. The second-order valence-corrected chi connectivity index (χ2v) is 6.00. The second-order valence-electron chi connectivity index (χ2n) is 6.00. The van der Waals surface area contributed by atoms with Gasteiger partial charge in [-0.2, -0.15) is 5.10 Å². The molecule has 1 heterocycles. The molecule has 2 amide bonds. The highest BCUT2D eigenvalue weighted by atomic mass is 19.1. The molecule has 0 saturated carbocycles. The van der Waals surface area contributed by atoms with Crippen LogP contribution in [0, 0.1) is 23.5 Å². The maximum absolute atomic E-state index is 14.3. The van der Waals surface area contributed by atoms with Gasteiger partial charge in [-0.1, -0.05) is 30.0 Å². The summed E-state index contributed by atoms with van der Waals surface area (Å²) in [6.45, 7) is -0.114. The van der Waals surface area contributed by atoms with Gasteiger partial charge in [0.2, 0.25) is 0 Å². The van der Waals surface area contributed by atoms with E-state index in [4.69, 9.17) is 0 Å². The van der Waals surface area contributed by atoms with Crippen LogP contribution >= 0.6 is 0 Å². The zero-order valence-corrected chi connectivity index (χ0v) is 15.8. The molecule has 0 atom stereocenters. The molecule has 30 heavy (non-hydrogen) atoms. The fraction of sp³-hybridized carbons (Fsp3) is 0.0952. The third kappa shape index (κ3) is 4.99. The van der Waals surface area contributed by atoms with E-state index in [1.54, 1.807) is 24.3 Å². The molecule has 3 aromatic rings. The van der Waals surface area contributed by atoms with Crippen LogP contribution in [0.1, 0.15) is 27.2 Å². The summed E-state index contributed by atoms with van der Waals surface area (Å²) in [6, 6.07) is 10.2. The van der Waals surface area contributed by atoms with Gasteiger partial charge in [0.15, 0.2) is 11.6 Å². The number of aromatic nitrogens is 2. The van der Waals surface area contributed by atoms with Gasteiger partial charge < -0.3 is 15.4 Å². The highest BCUT2D eigenvalue weighted by molar-refractivity contribution is 5.91. The molecule has 7 nitrogen and oxygen atoms in total. The summed E-state index contributed by atoms with van der Waals surface area (Å²) in [5.41, 5.74) is 0.630. The molecule has 0 aliphatic heterocycles. The van der Waals surface area contributed by atoms with E-state index in [2.05, 4.69) is 37.4 Å². The highest BCUT2D eigenvalue weighted by Gasteiger charge is 2.17. The number of benzene rings is 2. The number of halogens is 2. The first kappa shape index (κ1) is 20.5. The van der Waals surface area contributed by atoms with E-state index in [0.29, 0.717) is 11.1 Å². The Bertz CT molecular complexity index is 1110. The van der Waals surface area contributed by atoms with E-state index in [1.165, 1.54) is 13.3 Å². The van der Waals surface area contributed by atoms with Crippen LogP contribution in [0.2, 0.25) is 0 Å². The van der Waals surface area contributed by atoms with Crippen LogP contribution < -0.4 is 10.6 Å². The number of hydrogen-bond donors (Lipinski definition) is 3. The lowest BCUT2D eigenvalue weighted by atomic mass is 10.1. The number of rotatable bonds is 4. The third-order valence-electron chi connectivity index (χ3n) is 3.95. The number of H-pyrrole nitrogens is 1. The van der Waals surface area contributed by atoms with E-state index in [9.17, 15) is 18.4 Å². The lowest BCUT2D eigenvalue weighted by Crippen LogP contribution is -2.29. The number of ether oxygens (including phenoxy) is 1. The first-order valence-electron chi connectivity index (χ1n) is 8.69. The fourth-order valence-corrected chi connectivity index (χ4v) is 2.49. The average Bonchev–Trinajstić information content (AvgIpc) is 3.22. The molecule has 9 heteroatoms. The van der Waals surface area contributed by atoms with Gasteiger partial charge in [-0.3, -0.25) is 5.10 Å². The quantitative estimate of drug-likeness (QED) is 0.455. The summed E-state index contributed by atoms with van der Waals surface area (Å²) in [4.78, 5) is 23.6. The zero-order chi connectivity index (χ0) is 21.5. The number of nitrogens with zero attached hydrogens (tertiary/aromatic N) is 1. The van der Waals surface area contributed by atoms with Crippen molar-refractivity contribution in [3.05, 3.63) is 82.7 Å². The number of methoxy groups -OCH3 is 1. The number of carbonyl (C=O) groups is 2. The van der Waals surface area contributed by atoms with Gasteiger partial charge >= 0.3 is 12.0 Å². The van der Waals surface area contributed by atoms with E-state index in [0.717, 1.165) is 12.1 Å². The SMILES string of the molecule is COC(=O)c1[nH]ncc1CNC(=O)Nc1c(F)cc(C#Cc2ccccc2)cc1F. The first-order chi connectivity index (χ1) is 14.5. The normalized spacial score (nSPS) is 9.97. The summed E-state index contributed by atoms with van der Waals surface area (Å²) in [7, 11) is 1.20. The summed E-state index contributed by atoms with van der Waals surface area (Å²) in [5, 5.41) is 10.6. The Hall–Kier alpha value is -4.19. The Morgan fingerprint density at radius 2 is 1.77 bits per heavy atom. The van der Waals surface area contributed by atoms with Crippen molar-refractivity contribution < 1.29 is 23.1 Å². The predicted octanol–water partition coefficient (Wildman–Crippen LogP) is 3.20. The molecule has 2 aromatic carbocycles. The number of aromatic amines is 1. The maximum Gasteiger partial charge on any atom is 0.356 e. The number of hydrogen-bond acceptors (Lipinski definition) is 4. The molecule has 0 radical (unpaired) electrons. The molecule has 3 rings (SSSR count). The Morgan fingerprint density at radius 3 is 2.43 bits per heavy atom. The largest absolute Gasteiger partial charge is 0.464 e. The van der Waals surface area contributed by atoms with Crippen molar-refractivity contribution in [1.29, 1.82) is 0 Å². The van der Waals surface area contributed by atoms with Crippen LogP contribution in [0.4, 0.5) is 19.3 Å². The summed E-state index contributed by atoms with van der Waals surface area (Å²) < 4.78 is 33.2. The zero-order valence-electron chi connectivity index (χ0n) is 15.8. The molecule has 152 valence electrons. The molecule has 1 aromatic heterocycles. The van der Waals surface area contributed by atoms with Crippen LogP contribution in [0.25, 0.3) is 0 Å². The fourth-order valence-electron chi connectivity index (χ4n) is 2.49. The van der Waals surface area contributed by atoms with Crippen LogP contribution in [-0.2, 0) is 11.3 Å². The van der Waals surface area contributed by atoms with Crippen molar-refractivity contribution in [1.82, 2.24) is 15.5 Å². The Kier molecular flexibility index (Phi) is 6.39. The van der Waals surface area contributed by atoms with Gasteiger partial charge in [0.1, 0.15) is 11.4 Å². The number of urea groups is 1. The highest BCUT2D eigenvalue weighted by Crippen LogP contribution is 2.20. The van der Waals surface area contributed by atoms with E-state index in [1.807, 2.05) is 6.07 Å². The molecule has 0 unspecified atom stereocenters. The lowest BCUT2D eigenvalue weighted by Gasteiger charge is -2.10. The molecule has 0 saturated heterocycles. The van der Waals surface area contributed by atoms with Crippen molar-refractivity contribution in [2.75, 3.05) is 12.4 Å². The van der Waals surface area contributed by atoms with Gasteiger partial charge in [-0.05, 0) is 24.3 Å². The van der Waals surface area contributed by atoms with Gasteiger partial charge in [-0.15, -0.1) is 0 Å². The Balaban J connectivity index is 1.67. The molecular weight excluding hydrogens is 394 g/mol. The molecule has 3 N–H and O–H groups in total. The lowest BCUT2D eigenvalue weighted by molar-refractivity contribution is 0.0592.